The first-order valence-electron chi connectivity index (χ1n) is 23.5. The molecular formula is C45H74O18. The lowest BCUT2D eigenvalue weighted by Gasteiger charge is -2.61. The lowest BCUT2D eigenvalue weighted by atomic mass is 9.44. The van der Waals surface area contributed by atoms with Crippen molar-refractivity contribution in [3.63, 3.8) is 0 Å². The molecule has 0 aromatic heterocycles. The molecule has 4 aliphatic carbocycles. The maximum absolute atomic E-state index is 11.2. The topological polar surface area (TPSA) is 287 Å². The van der Waals surface area contributed by atoms with Gasteiger partial charge in [0.1, 0.15) is 79.4 Å². The van der Waals surface area contributed by atoms with Crippen molar-refractivity contribution in [1.29, 1.82) is 0 Å². The molecule has 11 N–H and O–H groups in total. The van der Waals surface area contributed by atoms with Crippen LogP contribution in [0.3, 0.4) is 0 Å². The molecule has 0 radical (unpaired) electrons. The van der Waals surface area contributed by atoms with Crippen LogP contribution in [0, 0.1) is 46.3 Å². The van der Waals surface area contributed by atoms with Gasteiger partial charge in [-0.3, -0.25) is 0 Å². The molecule has 18 heteroatoms. The van der Waals surface area contributed by atoms with Gasteiger partial charge in [-0.25, -0.2) is 0 Å². The summed E-state index contributed by atoms with van der Waals surface area (Å²) in [7, 11) is 0. The molecule has 8 rings (SSSR count). The minimum Gasteiger partial charge on any atom is -0.494 e. The van der Waals surface area contributed by atoms with Crippen molar-refractivity contribution in [3.8, 4) is 0 Å². The lowest BCUT2D eigenvalue weighted by molar-refractivity contribution is -0.373. The Morgan fingerprint density at radius 1 is 0.635 bits per heavy atom. The first-order chi connectivity index (χ1) is 29.9. The predicted octanol–water partition coefficient (Wildman–Crippen LogP) is -0.830. The minimum atomic E-state index is -1.74. The van der Waals surface area contributed by atoms with Gasteiger partial charge >= 0.3 is 0 Å². The van der Waals surface area contributed by atoms with Crippen LogP contribution in [0.5, 0.6) is 0 Å². The maximum Gasteiger partial charge on any atom is 0.187 e. The Balaban J connectivity index is 0.872. The van der Waals surface area contributed by atoms with Crippen LogP contribution in [-0.4, -0.2) is 187 Å². The Morgan fingerprint density at radius 3 is 1.87 bits per heavy atom. The summed E-state index contributed by atoms with van der Waals surface area (Å²) in [5, 5.41) is 113. The van der Waals surface area contributed by atoms with Gasteiger partial charge in [-0.15, -0.1) is 0 Å². The van der Waals surface area contributed by atoms with Gasteiger partial charge in [0.25, 0.3) is 0 Å². The van der Waals surface area contributed by atoms with E-state index in [2.05, 4.69) is 27.7 Å². The minimum absolute atomic E-state index is 0.0928. The Labute approximate surface area is 369 Å². The summed E-state index contributed by atoms with van der Waals surface area (Å²) in [6.45, 7) is 7.74. The second-order valence-corrected chi connectivity index (χ2v) is 20.9. The number of fused-ring (bicyclic) bond motifs is 7. The van der Waals surface area contributed by atoms with Gasteiger partial charge in [-0.1, -0.05) is 20.8 Å². The average molecular weight is 903 g/mol. The summed E-state index contributed by atoms with van der Waals surface area (Å²) in [5.41, 5.74) is 1.57. The van der Waals surface area contributed by atoms with Crippen LogP contribution in [0.1, 0.15) is 91.9 Å². The van der Waals surface area contributed by atoms with Crippen LogP contribution in [0.4, 0.5) is 0 Å². The third-order valence-corrected chi connectivity index (χ3v) is 17.4. The number of allylic oxidation sites excluding steroid dienone is 1. The predicted molar refractivity (Wildman–Crippen MR) is 218 cm³/mol. The fourth-order valence-corrected chi connectivity index (χ4v) is 13.7. The van der Waals surface area contributed by atoms with E-state index in [4.69, 9.17) is 33.2 Å². The number of aliphatic hydroxyl groups is 11. The van der Waals surface area contributed by atoms with Crippen LogP contribution >= 0.6 is 0 Å². The summed E-state index contributed by atoms with van der Waals surface area (Å²) >= 11 is 0. The average Bonchev–Trinajstić information content (AvgIpc) is 3.76. The third kappa shape index (κ3) is 8.68. The zero-order chi connectivity index (χ0) is 45.3. The molecule has 63 heavy (non-hydrogen) atoms. The highest BCUT2D eigenvalue weighted by Gasteiger charge is 2.65. The molecule has 0 unspecified atom stereocenters. The number of ether oxygens (including phenoxy) is 7. The fourth-order valence-electron chi connectivity index (χ4n) is 13.7. The first-order valence-corrected chi connectivity index (χ1v) is 23.5. The van der Waals surface area contributed by atoms with Crippen molar-refractivity contribution in [2.75, 3.05) is 26.4 Å². The Morgan fingerprint density at radius 2 is 1.22 bits per heavy atom. The molecule has 0 amide bonds. The van der Waals surface area contributed by atoms with Gasteiger partial charge in [-0.2, -0.15) is 0 Å². The van der Waals surface area contributed by atoms with Crippen molar-refractivity contribution >= 4 is 0 Å². The molecule has 0 aromatic carbocycles. The van der Waals surface area contributed by atoms with Gasteiger partial charge in [-0.05, 0) is 111 Å². The van der Waals surface area contributed by atoms with Gasteiger partial charge in [0.2, 0.25) is 0 Å². The van der Waals surface area contributed by atoms with Gasteiger partial charge in [0.15, 0.2) is 18.9 Å². The zero-order valence-corrected chi connectivity index (χ0v) is 37.0. The van der Waals surface area contributed by atoms with E-state index in [9.17, 15) is 56.2 Å². The maximum atomic E-state index is 11.2. The summed E-state index contributed by atoms with van der Waals surface area (Å²) in [4.78, 5) is 0. The summed E-state index contributed by atoms with van der Waals surface area (Å²) in [6.07, 6.45) is -12.1. The fraction of sp³-hybridized carbons (Fsp3) is 0.956. The van der Waals surface area contributed by atoms with Crippen molar-refractivity contribution in [2.24, 2.45) is 46.3 Å². The monoisotopic (exact) mass is 902 g/mol. The summed E-state index contributed by atoms with van der Waals surface area (Å²) in [6, 6.07) is 0. The van der Waals surface area contributed by atoms with Crippen molar-refractivity contribution in [3.05, 3.63) is 11.3 Å². The van der Waals surface area contributed by atoms with Gasteiger partial charge in [0.05, 0.1) is 38.3 Å². The van der Waals surface area contributed by atoms with E-state index >= 15 is 0 Å². The molecule has 25 atom stereocenters. The largest absolute Gasteiger partial charge is 0.494 e. The van der Waals surface area contributed by atoms with Crippen LogP contribution in [0.15, 0.2) is 11.3 Å². The Hall–Kier alpha value is -1.14. The Kier molecular flexibility index (Phi) is 14.6. The Bertz CT molecular complexity index is 1580. The lowest BCUT2D eigenvalue weighted by Crippen LogP contribution is -2.65. The molecular weight excluding hydrogens is 828 g/mol. The molecule has 3 saturated heterocycles. The molecule has 362 valence electrons. The van der Waals surface area contributed by atoms with Crippen LogP contribution in [-0.2, 0) is 33.2 Å². The van der Waals surface area contributed by atoms with Crippen LogP contribution in [0.2, 0.25) is 0 Å². The van der Waals surface area contributed by atoms with E-state index in [-0.39, 0.29) is 35.6 Å². The van der Waals surface area contributed by atoms with Crippen LogP contribution < -0.4 is 0 Å². The van der Waals surface area contributed by atoms with Crippen molar-refractivity contribution in [1.82, 2.24) is 0 Å². The number of aliphatic hydroxyl groups excluding tert-OH is 11. The van der Waals surface area contributed by atoms with Gasteiger partial charge < -0.3 is 89.3 Å². The standard InChI is InChI=1S/C45H74O18/c1-19(18-57-41-38(55)35(52)32(49)28(15-46)60-41)5-8-26-20(2)31-27(59-26)14-25-23-7-6-21-13-22(9-11-44(21,3)24(23)10-12-45(25,31)4)58-43-40(37(54)34(51)30(17-48)62-43)63-42-39(56)36(53)33(50)29(16-47)61-42/h19,21-25,27-43,46-56H,5-18H2,1-4H3/t19-,21+,22-,23-,24+,25+,27+,28+,29+,30+,31+,32+,33+,34+,35-,36-,37-,38+,39+,40+,41+,42-,43+,44-,45-/m1/s1. The summed E-state index contributed by atoms with van der Waals surface area (Å²) in [5.74, 6) is 3.56. The third-order valence-electron chi connectivity index (χ3n) is 17.4. The smallest absolute Gasteiger partial charge is 0.187 e. The molecule has 4 aliphatic heterocycles. The SMILES string of the molecule is CC1=C(CC[C@@H](C)CO[C@H]2O[C@@H](CO)[C@H](O)[C@@H](O)[C@@H]2O)O[C@H]2C[C@H]3[C@@H]4CC[C@H]5C[C@H](O[C@H]6O[C@@H](CO)[C@H](O)[C@@H](O)[C@@H]6O[C@H]6O[C@@H](CO)[C@H](O)[C@@H](O)[C@@H]6O)CC[C@@]5(C)[C@H]4CC[C@@]3(C)[C@@H]12. The highest BCUT2D eigenvalue weighted by molar-refractivity contribution is 5.26. The second kappa shape index (κ2) is 19.1. The number of rotatable bonds is 13. The van der Waals surface area contributed by atoms with E-state index < -0.39 is 112 Å². The number of hydrogen-bond acceptors (Lipinski definition) is 18. The molecule has 18 nitrogen and oxygen atoms in total. The second-order valence-electron chi connectivity index (χ2n) is 20.9. The van der Waals surface area contributed by atoms with E-state index in [0.717, 1.165) is 70.0 Å². The van der Waals surface area contributed by atoms with E-state index in [1.807, 2.05) is 0 Å². The highest BCUT2D eigenvalue weighted by Crippen LogP contribution is 2.70. The zero-order valence-electron chi connectivity index (χ0n) is 37.0. The normalized spacial score (nSPS) is 52.7. The van der Waals surface area contributed by atoms with E-state index in [1.165, 1.54) is 5.57 Å². The van der Waals surface area contributed by atoms with Crippen molar-refractivity contribution < 1.29 is 89.3 Å². The van der Waals surface area contributed by atoms with Crippen molar-refractivity contribution in [2.45, 2.75) is 196 Å². The molecule has 0 spiro atoms. The van der Waals surface area contributed by atoms with E-state index in [0.29, 0.717) is 29.6 Å². The van der Waals surface area contributed by atoms with Crippen LogP contribution in [0.25, 0.3) is 0 Å². The molecule has 4 saturated carbocycles. The molecule has 0 bridgehead atoms. The summed E-state index contributed by atoms with van der Waals surface area (Å²) < 4.78 is 42.2. The van der Waals surface area contributed by atoms with Gasteiger partial charge in [0, 0.05) is 12.3 Å². The highest BCUT2D eigenvalue weighted by atomic mass is 16.8. The molecule has 7 fully saturated rings. The first kappa shape index (κ1) is 48.3. The molecule has 0 aromatic rings. The van der Waals surface area contributed by atoms with E-state index in [1.54, 1.807) is 0 Å². The quantitative estimate of drug-likeness (QED) is 0.101. The number of hydrogen-bond donors (Lipinski definition) is 11. The molecule has 8 aliphatic rings. The molecule has 4 heterocycles.